The lowest BCUT2D eigenvalue weighted by Crippen LogP contribution is -2.34. The molecule has 1 aliphatic rings. The third kappa shape index (κ3) is 4.21. The predicted octanol–water partition coefficient (Wildman–Crippen LogP) is 5.38. The van der Waals surface area contributed by atoms with Crippen molar-refractivity contribution in [1.82, 2.24) is 10.1 Å². The van der Waals surface area contributed by atoms with Gasteiger partial charge in [0.05, 0.1) is 5.54 Å². The Kier molecular flexibility index (Phi) is 6.37. The number of aromatic nitrogens is 2. The highest BCUT2D eigenvalue weighted by Crippen LogP contribution is 2.42. The summed E-state index contributed by atoms with van der Waals surface area (Å²) in [6, 6.07) is 13.0. The van der Waals surface area contributed by atoms with Gasteiger partial charge in [0.15, 0.2) is 5.82 Å². The topological polar surface area (TPSA) is 64.9 Å². The highest BCUT2D eigenvalue weighted by atomic mass is 35.5. The number of rotatable bonds is 5. The van der Waals surface area contributed by atoms with Gasteiger partial charge in [-0.15, -0.1) is 24.2 Å². The van der Waals surface area contributed by atoms with Crippen LogP contribution in [0.1, 0.15) is 48.2 Å². The third-order valence-corrected chi connectivity index (χ3v) is 6.14. The standard InChI is InChI=1S/C20H19F2N3OS.ClH/c21-14-8-9-16(15(22)12-14)27-17(13-6-2-1-3-7-13)18-24-19(25-26-18)20(23)10-4-5-11-20;/h1-3,6-9,12,17H,4-5,10-11,23H2;1H. The number of halogens is 3. The van der Waals surface area contributed by atoms with Crippen LogP contribution in [0.3, 0.4) is 0 Å². The Balaban J connectivity index is 0.00000225. The maximum Gasteiger partial charge on any atom is 0.244 e. The average molecular weight is 424 g/mol. The quantitative estimate of drug-likeness (QED) is 0.558. The number of benzene rings is 2. The van der Waals surface area contributed by atoms with Crippen LogP contribution < -0.4 is 5.73 Å². The average Bonchev–Trinajstić information content (AvgIpc) is 3.32. The Morgan fingerprint density at radius 3 is 2.46 bits per heavy atom. The van der Waals surface area contributed by atoms with Crippen molar-refractivity contribution >= 4 is 24.2 Å². The second-order valence-corrected chi connectivity index (χ2v) is 7.95. The van der Waals surface area contributed by atoms with Crippen molar-refractivity contribution < 1.29 is 13.3 Å². The number of hydrogen-bond acceptors (Lipinski definition) is 5. The molecule has 3 aromatic rings. The number of hydrogen-bond donors (Lipinski definition) is 1. The fourth-order valence-corrected chi connectivity index (χ4v) is 4.42. The molecule has 1 aliphatic carbocycles. The lowest BCUT2D eigenvalue weighted by Gasteiger charge is -2.18. The minimum Gasteiger partial charge on any atom is -0.338 e. The van der Waals surface area contributed by atoms with Crippen LogP contribution in [0.5, 0.6) is 0 Å². The zero-order valence-electron chi connectivity index (χ0n) is 15.0. The molecule has 1 heterocycles. The summed E-state index contributed by atoms with van der Waals surface area (Å²) in [6.07, 6.45) is 3.72. The van der Waals surface area contributed by atoms with Gasteiger partial charge in [-0.1, -0.05) is 48.3 Å². The minimum atomic E-state index is -0.619. The number of nitrogens with two attached hydrogens (primary N) is 1. The first-order chi connectivity index (χ1) is 13.0. The summed E-state index contributed by atoms with van der Waals surface area (Å²) in [5.41, 5.74) is 6.76. The Labute approximate surface area is 172 Å². The van der Waals surface area contributed by atoms with E-state index in [0.29, 0.717) is 16.6 Å². The van der Waals surface area contributed by atoms with Gasteiger partial charge in [0.25, 0.3) is 0 Å². The molecule has 4 rings (SSSR count). The van der Waals surface area contributed by atoms with Gasteiger partial charge < -0.3 is 10.3 Å². The lowest BCUT2D eigenvalue weighted by atomic mass is 9.99. The second-order valence-electron chi connectivity index (χ2n) is 6.80. The molecule has 28 heavy (non-hydrogen) atoms. The van der Waals surface area contributed by atoms with Crippen LogP contribution in [0, 0.1) is 11.6 Å². The molecule has 2 N–H and O–H groups in total. The van der Waals surface area contributed by atoms with Crippen LogP contribution in [0.25, 0.3) is 0 Å². The van der Waals surface area contributed by atoms with Crippen molar-refractivity contribution in [3.8, 4) is 0 Å². The third-order valence-electron chi connectivity index (χ3n) is 4.85. The van der Waals surface area contributed by atoms with Crippen molar-refractivity contribution in [1.29, 1.82) is 0 Å². The van der Waals surface area contributed by atoms with Crippen molar-refractivity contribution in [2.24, 2.45) is 5.73 Å². The first-order valence-electron chi connectivity index (χ1n) is 8.85. The normalized spacial score (nSPS) is 16.5. The maximum atomic E-state index is 14.2. The zero-order valence-corrected chi connectivity index (χ0v) is 16.6. The van der Waals surface area contributed by atoms with E-state index in [4.69, 9.17) is 10.3 Å². The predicted molar refractivity (Wildman–Crippen MR) is 106 cm³/mol. The largest absolute Gasteiger partial charge is 0.338 e. The van der Waals surface area contributed by atoms with E-state index in [1.54, 1.807) is 0 Å². The van der Waals surface area contributed by atoms with E-state index in [1.807, 2.05) is 30.3 Å². The zero-order chi connectivity index (χ0) is 18.9. The molecule has 2 aromatic carbocycles. The molecule has 1 atom stereocenters. The van der Waals surface area contributed by atoms with Crippen molar-refractivity contribution in [2.45, 2.75) is 41.4 Å². The molecular weight excluding hydrogens is 404 g/mol. The number of nitrogens with zero attached hydrogens (tertiary/aromatic N) is 2. The summed E-state index contributed by atoms with van der Waals surface area (Å²) in [4.78, 5) is 4.88. The molecule has 1 saturated carbocycles. The minimum absolute atomic E-state index is 0. The van der Waals surface area contributed by atoms with E-state index in [2.05, 4.69) is 10.1 Å². The molecule has 0 saturated heterocycles. The van der Waals surface area contributed by atoms with Gasteiger partial charge in [-0.25, -0.2) is 8.78 Å². The summed E-state index contributed by atoms with van der Waals surface area (Å²) in [6.45, 7) is 0. The molecule has 1 aromatic heterocycles. The first-order valence-corrected chi connectivity index (χ1v) is 9.73. The van der Waals surface area contributed by atoms with Gasteiger partial charge in [-0.05, 0) is 30.5 Å². The van der Waals surface area contributed by atoms with Crippen molar-refractivity contribution in [3.05, 3.63) is 77.4 Å². The van der Waals surface area contributed by atoms with Crippen LogP contribution in [0.15, 0.2) is 57.9 Å². The summed E-state index contributed by atoms with van der Waals surface area (Å²) in [5, 5.41) is 3.70. The van der Waals surface area contributed by atoms with Crippen molar-refractivity contribution in [3.63, 3.8) is 0 Å². The van der Waals surface area contributed by atoms with E-state index >= 15 is 0 Å². The lowest BCUT2D eigenvalue weighted by molar-refractivity contribution is 0.351. The van der Waals surface area contributed by atoms with E-state index < -0.39 is 22.4 Å². The Morgan fingerprint density at radius 1 is 1.07 bits per heavy atom. The first kappa shape index (κ1) is 20.8. The maximum absolute atomic E-state index is 14.2. The molecule has 4 nitrogen and oxygen atoms in total. The van der Waals surface area contributed by atoms with Crippen LogP contribution in [-0.2, 0) is 5.54 Å². The van der Waals surface area contributed by atoms with E-state index in [0.717, 1.165) is 37.3 Å². The molecule has 148 valence electrons. The summed E-state index contributed by atoms with van der Waals surface area (Å²) >= 11 is 1.21. The molecule has 0 aliphatic heterocycles. The number of thioether (sulfide) groups is 1. The SMILES string of the molecule is Cl.NC1(c2noc(C(Sc3ccc(F)cc3F)c3ccccc3)n2)CCCC1. The second kappa shape index (κ2) is 8.59. The fraction of sp³-hybridized carbons (Fsp3) is 0.300. The molecular formula is C20H20ClF2N3OS. The van der Waals surface area contributed by atoms with Gasteiger partial charge >= 0.3 is 0 Å². The monoisotopic (exact) mass is 423 g/mol. The van der Waals surface area contributed by atoms with Gasteiger partial charge in [0, 0.05) is 11.0 Å². The van der Waals surface area contributed by atoms with Crippen LogP contribution in [0.2, 0.25) is 0 Å². The highest BCUT2D eigenvalue weighted by molar-refractivity contribution is 7.99. The van der Waals surface area contributed by atoms with Crippen molar-refractivity contribution in [2.75, 3.05) is 0 Å². The summed E-state index contributed by atoms with van der Waals surface area (Å²) in [5.74, 6) is -0.371. The van der Waals surface area contributed by atoms with Gasteiger partial charge in [-0.2, -0.15) is 4.98 Å². The molecule has 0 radical (unpaired) electrons. The Bertz CT molecular complexity index is 932. The van der Waals surface area contributed by atoms with Gasteiger partial charge in [0.2, 0.25) is 5.89 Å². The van der Waals surface area contributed by atoms with Crippen LogP contribution >= 0.6 is 24.2 Å². The Morgan fingerprint density at radius 2 is 1.79 bits per heavy atom. The van der Waals surface area contributed by atoms with E-state index in [9.17, 15) is 8.78 Å². The molecule has 0 amide bonds. The summed E-state index contributed by atoms with van der Waals surface area (Å²) < 4.78 is 33.0. The van der Waals surface area contributed by atoms with Gasteiger partial charge in [0.1, 0.15) is 16.9 Å². The molecule has 1 fully saturated rings. The molecule has 8 heteroatoms. The Hall–Kier alpha value is -1.96. The van der Waals surface area contributed by atoms with Crippen LogP contribution in [0.4, 0.5) is 8.78 Å². The molecule has 0 spiro atoms. The fourth-order valence-electron chi connectivity index (χ4n) is 3.36. The van der Waals surface area contributed by atoms with E-state index in [-0.39, 0.29) is 12.4 Å². The van der Waals surface area contributed by atoms with Crippen LogP contribution in [-0.4, -0.2) is 10.1 Å². The van der Waals surface area contributed by atoms with Gasteiger partial charge in [-0.3, -0.25) is 0 Å². The molecule has 1 unspecified atom stereocenters. The molecule has 0 bridgehead atoms. The summed E-state index contributed by atoms with van der Waals surface area (Å²) in [7, 11) is 0. The van der Waals surface area contributed by atoms with E-state index in [1.165, 1.54) is 23.9 Å². The smallest absolute Gasteiger partial charge is 0.244 e. The highest BCUT2D eigenvalue weighted by Gasteiger charge is 2.37.